The molecule has 2 rings (SSSR count). The van der Waals surface area contributed by atoms with Gasteiger partial charge in [-0.2, -0.15) is 0 Å². The second kappa shape index (κ2) is 5.33. The Hall–Kier alpha value is -1.36. The zero-order valence-corrected chi connectivity index (χ0v) is 12.0. The third-order valence-corrected chi connectivity index (χ3v) is 4.16. The first-order chi connectivity index (χ1) is 8.95. The van der Waals surface area contributed by atoms with Gasteiger partial charge in [-0.3, -0.25) is 10.1 Å². The minimum atomic E-state index is -0.258. The molecule has 5 nitrogen and oxygen atoms in total. The Labute approximate surface area is 116 Å². The minimum Gasteiger partial charge on any atom is -0.370 e. The molecular weight excluding hydrogens is 237 g/mol. The molecule has 0 atom stereocenters. The lowest BCUT2D eigenvalue weighted by Crippen LogP contribution is -2.52. The average molecular weight is 255 g/mol. The summed E-state index contributed by atoms with van der Waals surface area (Å²) >= 11 is 0. The van der Waals surface area contributed by atoms with Gasteiger partial charge in [0.05, 0.1) is 4.92 Å². The normalized spacial score (nSPS) is 15.5. The van der Waals surface area contributed by atoms with Gasteiger partial charge in [0.15, 0.2) is 0 Å². The number of nitro groups is 1. The van der Waals surface area contributed by atoms with Crippen LogP contribution in [0.1, 0.15) is 0 Å². The lowest BCUT2D eigenvalue weighted by atomic mass is 9.67. The van der Waals surface area contributed by atoms with Crippen LogP contribution in [0.15, 0.2) is 0 Å². The molecule has 0 aliphatic carbocycles. The second-order valence-corrected chi connectivity index (χ2v) is 5.19. The first-order valence-corrected chi connectivity index (χ1v) is 6.65. The van der Waals surface area contributed by atoms with E-state index in [1.54, 1.807) is 0 Å². The van der Waals surface area contributed by atoms with Crippen LogP contribution in [0.25, 0.3) is 0 Å². The topological polar surface area (TPSA) is 58.4 Å². The van der Waals surface area contributed by atoms with Crippen LogP contribution in [0.4, 0.5) is 11.4 Å². The summed E-state index contributed by atoms with van der Waals surface area (Å²) in [6, 6.07) is 0. The molecule has 1 aliphatic heterocycles. The Kier molecular flexibility index (Phi) is 3.94. The molecule has 9 heteroatoms. The number of nitrogens with zero attached hydrogens (tertiary/aromatic N) is 2. The Balaban J connectivity index is 2.59. The summed E-state index contributed by atoms with van der Waals surface area (Å²) in [4.78, 5) is 13.3. The molecule has 1 aromatic rings. The van der Waals surface area contributed by atoms with E-state index in [0.717, 1.165) is 48.0 Å². The maximum absolute atomic E-state index is 11.2. The lowest BCUT2D eigenvalue weighted by molar-refractivity contribution is -0.382. The molecule has 19 heavy (non-hydrogen) atoms. The third kappa shape index (κ3) is 2.39. The van der Waals surface area contributed by atoms with Gasteiger partial charge in [0, 0.05) is 31.9 Å². The molecule has 0 spiro atoms. The summed E-state index contributed by atoms with van der Waals surface area (Å²) < 4.78 is 0. The fourth-order valence-corrected chi connectivity index (χ4v) is 2.91. The number of anilines is 1. The minimum absolute atomic E-state index is 0.258. The molecule has 0 saturated carbocycles. The van der Waals surface area contributed by atoms with Crippen molar-refractivity contribution in [2.45, 2.75) is 0 Å². The van der Waals surface area contributed by atoms with Gasteiger partial charge in [-0.1, -0.05) is 10.9 Å². The number of nitrogens with one attached hydrogen (secondary N) is 1. The number of piperazine rings is 1. The summed E-state index contributed by atoms with van der Waals surface area (Å²) in [6.07, 6.45) is 0. The zero-order valence-electron chi connectivity index (χ0n) is 12.0. The van der Waals surface area contributed by atoms with Gasteiger partial charge in [0.1, 0.15) is 31.4 Å². The fourth-order valence-electron chi connectivity index (χ4n) is 2.91. The zero-order chi connectivity index (χ0) is 14.2. The Bertz CT molecular complexity index is 503. The fraction of sp³-hybridized carbons (Fsp3) is 0.400. The van der Waals surface area contributed by atoms with Crippen LogP contribution in [-0.2, 0) is 0 Å². The van der Waals surface area contributed by atoms with Gasteiger partial charge in [-0.25, -0.2) is 0 Å². The highest BCUT2D eigenvalue weighted by molar-refractivity contribution is 6.62. The average Bonchev–Trinajstić information content (AvgIpc) is 2.38. The van der Waals surface area contributed by atoms with Crippen LogP contribution in [0.5, 0.6) is 0 Å². The van der Waals surface area contributed by atoms with Crippen molar-refractivity contribution < 1.29 is 4.92 Å². The van der Waals surface area contributed by atoms with Crippen molar-refractivity contribution in [2.24, 2.45) is 0 Å². The summed E-state index contributed by atoms with van der Waals surface area (Å²) in [5.74, 6) is 0. The highest BCUT2D eigenvalue weighted by atomic mass is 16.6. The van der Waals surface area contributed by atoms with Crippen molar-refractivity contribution in [3.63, 3.8) is 0 Å². The maximum atomic E-state index is 11.2. The molecular formula is C10H17B4N3O2. The number of hydrogen-bond donors (Lipinski definition) is 1. The Morgan fingerprint density at radius 2 is 1.47 bits per heavy atom. The molecule has 1 saturated heterocycles. The van der Waals surface area contributed by atoms with E-state index in [9.17, 15) is 10.1 Å². The number of nitro benzene ring substituents is 1. The van der Waals surface area contributed by atoms with E-state index >= 15 is 0 Å². The number of benzene rings is 1. The molecule has 1 aliphatic rings. The summed E-state index contributed by atoms with van der Waals surface area (Å²) in [5.41, 5.74) is 5.12. The van der Waals surface area contributed by atoms with Crippen LogP contribution in [0.3, 0.4) is 0 Å². The van der Waals surface area contributed by atoms with Crippen molar-refractivity contribution in [2.75, 3.05) is 31.1 Å². The van der Waals surface area contributed by atoms with E-state index < -0.39 is 0 Å². The van der Waals surface area contributed by atoms with E-state index in [0.29, 0.717) is 0 Å². The number of rotatable bonds is 2. The van der Waals surface area contributed by atoms with Gasteiger partial charge >= 0.3 is 0 Å². The molecule has 96 valence electrons. The molecule has 0 aromatic heterocycles. The number of hydrogen-bond acceptors (Lipinski definition) is 4. The van der Waals surface area contributed by atoms with Crippen LogP contribution in [0, 0.1) is 10.1 Å². The molecule has 1 fully saturated rings. The smallest absolute Gasteiger partial charge is 0.255 e. The van der Waals surface area contributed by atoms with Gasteiger partial charge < -0.3 is 10.2 Å². The van der Waals surface area contributed by atoms with Crippen molar-refractivity contribution in [1.82, 2.24) is 5.32 Å². The Morgan fingerprint density at radius 1 is 1.00 bits per heavy atom. The summed E-state index contributed by atoms with van der Waals surface area (Å²) in [7, 11) is 7.69. The van der Waals surface area contributed by atoms with Crippen LogP contribution >= 0.6 is 0 Å². The summed E-state index contributed by atoms with van der Waals surface area (Å²) in [6.45, 7) is 3.85. The predicted octanol–water partition coefficient (Wildman–Crippen LogP) is -5.96. The van der Waals surface area contributed by atoms with Crippen molar-refractivity contribution in [3.05, 3.63) is 10.1 Å². The quantitative estimate of drug-likeness (QED) is 0.324. The van der Waals surface area contributed by atoms with E-state index in [1.807, 2.05) is 31.4 Å². The standard InChI is InChI=1S/C10H17B4N3O2/c11-5-7(13)10(17(18)19)8(14)6(12)9(5)16-3-1-15-2-4-16/h15H,1-4,11-14H2. The highest BCUT2D eigenvalue weighted by Gasteiger charge is 2.24. The second-order valence-electron chi connectivity index (χ2n) is 5.19. The third-order valence-electron chi connectivity index (χ3n) is 4.16. The van der Waals surface area contributed by atoms with Gasteiger partial charge in [0.25, 0.3) is 5.69 Å². The van der Waals surface area contributed by atoms with Gasteiger partial charge in [-0.15, -0.1) is 0 Å². The molecule has 0 unspecified atom stereocenters. The predicted molar refractivity (Wildman–Crippen MR) is 90.9 cm³/mol. The SMILES string of the molecule is Bc1c(B)c([N+](=O)[O-])c(B)c(B)c1N1CCNCC1. The monoisotopic (exact) mass is 255 g/mol. The molecule has 1 N–H and O–H groups in total. The first kappa shape index (κ1) is 14.1. The van der Waals surface area contributed by atoms with Crippen LogP contribution < -0.4 is 32.1 Å². The lowest BCUT2D eigenvalue weighted by Gasteiger charge is -2.33. The molecule has 0 amide bonds. The van der Waals surface area contributed by atoms with Crippen LogP contribution in [-0.4, -0.2) is 62.5 Å². The van der Waals surface area contributed by atoms with Gasteiger partial charge in [0.2, 0.25) is 0 Å². The Morgan fingerprint density at radius 3 is 1.89 bits per heavy atom. The molecule has 0 radical (unpaired) electrons. The largest absolute Gasteiger partial charge is 0.370 e. The van der Waals surface area contributed by atoms with Crippen molar-refractivity contribution in [1.29, 1.82) is 0 Å². The maximum Gasteiger partial charge on any atom is 0.255 e. The first-order valence-electron chi connectivity index (χ1n) is 6.65. The van der Waals surface area contributed by atoms with Gasteiger partial charge in [-0.05, 0) is 10.9 Å². The van der Waals surface area contributed by atoms with Crippen LogP contribution in [0.2, 0.25) is 0 Å². The van der Waals surface area contributed by atoms with E-state index in [1.165, 1.54) is 5.69 Å². The molecule has 0 bridgehead atoms. The molecule has 1 heterocycles. The van der Waals surface area contributed by atoms with Crippen molar-refractivity contribution in [3.8, 4) is 0 Å². The van der Waals surface area contributed by atoms with E-state index in [2.05, 4.69) is 10.2 Å². The molecule has 1 aromatic carbocycles. The van der Waals surface area contributed by atoms with Crippen molar-refractivity contribution >= 4 is 64.6 Å². The van der Waals surface area contributed by atoms with E-state index in [4.69, 9.17) is 0 Å². The van der Waals surface area contributed by atoms with E-state index in [-0.39, 0.29) is 10.6 Å². The summed E-state index contributed by atoms with van der Waals surface area (Å²) in [5, 5.41) is 14.5. The highest BCUT2D eigenvalue weighted by Crippen LogP contribution is 2.10.